The van der Waals surface area contributed by atoms with Gasteiger partial charge >= 0.3 is 12.1 Å². The minimum Gasteiger partial charge on any atom is -0.458 e. The van der Waals surface area contributed by atoms with E-state index in [1.807, 2.05) is 6.92 Å². The second kappa shape index (κ2) is 15.9. The molecule has 11 heteroatoms. The molecule has 0 aromatic carbocycles. The summed E-state index contributed by atoms with van der Waals surface area (Å²) in [4.78, 5) is 33.3. The zero-order valence-corrected chi connectivity index (χ0v) is 18.6. The van der Waals surface area contributed by atoms with Crippen LogP contribution in [0.5, 0.6) is 0 Å². The van der Waals surface area contributed by atoms with Crippen LogP contribution in [0.1, 0.15) is 61.3 Å². The summed E-state index contributed by atoms with van der Waals surface area (Å²) in [7, 11) is 0. The standard InChI is InChI=1S/C17H33N3O5.ClH.N2/c1-8-23-19-12-18-11-9-10-13(14(21)24-16(2,3)4)20-15(22)25-17(5,6)7;;1-2/h12-13H,8-11H2,1-7H3,(H,18,19)(H,20,22);1H;/t13-;;/m0../s1. The molecule has 0 unspecified atom stereocenters. The Labute approximate surface area is 173 Å². The van der Waals surface area contributed by atoms with Crippen LogP contribution in [0.25, 0.3) is 0 Å². The molecule has 0 saturated carbocycles. The number of nitrogens with one attached hydrogen (secondary N) is 2. The van der Waals surface area contributed by atoms with Gasteiger partial charge in [0.25, 0.3) is 0 Å². The van der Waals surface area contributed by atoms with Crippen LogP contribution in [0.2, 0.25) is 0 Å². The Hall–Kier alpha value is -2.12. The molecule has 28 heavy (non-hydrogen) atoms. The molecule has 2 N–H and O–H groups in total. The van der Waals surface area contributed by atoms with Crippen molar-refractivity contribution in [1.29, 1.82) is 10.8 Å². The largest absolute Gasteiger partial charge is 0.458 e. The van der Waals surface area contributed by atoms with Crippen LogP contribution in [-0.2, 0) is 19.1 Å². The van der Waals surface area contributed by atoms with Crippen molar-refractivity contribution in [3.8, 4) is 0 Å². The summed E-state index contributed by atoms with van der Waals surface area (Å²) in [6.07, 6.45) is 1.78. The van der Waals surface area contributed by atoms with Gasteiger partial charge < -0.3 is 14.8 Å². The first kappa shape index (κ1) is 30.6. The Balaban J connectivity index is -0.00000201. The van der Waals surface area contributed by atoms with Crippen molar-refractivity contribution in [3.05, 3.63) is 0 Å². The van der Waals surface area contributed by atoms with E-state index < -0.39 is 29.3 Å². The molecule has 10 nitrogen and oxygen atoms in total. The maximum atomic E-state index is 12.3. The monoisotopic (exact) mass is 423 g/mol. The molecule has 0 rings (SSSR count). The summed E-state index contributed by atoms with van der Waals surface area (Å²) in [5, 5.41) is 14.6. The molecular formula is C17H34ClN5O5. The number of carbonyl (C=O) groups is 2. The minimum absolute atomic E-state index is 0. The molecule has 164 valence electrons. The van der Waals surface area contributed by atoms with Crippen molar-refractivity contribution >= 4 is 30.8 Å². The number of esters is 1. The van der Waals surface area contributed by atoms with E-state index in [4.69, 9.17) is 25.1 Å². The molecule has 0 heterocycles. The lowest BCUT2D eigenvalue weighted by atomic mass is 10.1. The normalized spacial score (nSPS) is 12.0. The van der Waals surface area contributed by atoms with Crippen molar-refractivity contribution in [1.82, 2.24) is 10.8 Å². The van der Waals surface area contributed by atoms with Gasteiger partial charge in [-0.25, -0.2) is 9.59 Å². The lowest BCUT2D eigenvalue weighted by Crippen LogP contribution is -2.46. The van der Waals surface area contributed by atoms with Crippen molar-refractivity contribution < 1.29 is 23.9 Å². The van der Waals surface area contributed by atoms with Crippen LogP contribution in [0, 0.1) is 10.8 Å². The highest BCUT2D eigenvalue weighted by atomic mass is 35.5. The molecule has 0 aliphatic carbocycles. The average molecular weight is 424 g/mol. The van der Waals surface area contributed by atoms with Crippen LogP contribution in [0.4, 0.5) is 4.79 Å². The Morgan fingerprint density at radius 1 is 1.07 bits per heavy atom. The number of hydrogen-bond donors (Lipinski definition) is 2. The number of amides is 1. The van der Waals surface area contributed by atoms with Gasteiger partial charge in [-0.3, -0.25) is 15.3 Å². The molecule has 0 aliphatic heterocycles. The Kier molecular flexibility index (Phi) is 17.4. The zero-order chi connectivity index (χ0) is 21.5. The Morgan fingerprint density at radius 2 is 1.61 bits per heavy atom. The van der Waals surface area contributed by atoms with Gasteiger partial charge in [0.05, 0.1) is 6.61 Å². The average Bonchev–Trinajstić information content (AvgIpc) is 2.51. The predicted molar refractivity (Wildman–Crippen MR) is 107 cm³/mol. The molecule has 0 radical (unpaired) electrons. The molecule has 0 aromatic heterocycles. The maximum absolute atomic E-state index is 12.3. The smallest absolute Gasteiger partial charge is 0.408 e. The molecule has 1 amide bonds. The number of aliphatic imine (C=N–C) groups is 1. The first-order chi connectivity index (χ1) is 12.4. The summed E-state index contributed by atoms with van der Waals surface area (Å²) in [6, 6.07) is -0.788. The maximum Gasteiger partial charge on any atom is 0.408 e. The van der Waals surface area contributed by atoms with Crippen molar-refractivity contribution in [3.63, 3.8) is 0 Å². The predicted octanol–water partition coefficient (Wildman–Crippen LogP) is 3.02. The third kappa shape index (κ3) is 20.2. The number of ether oxygens (including phenoxy) is 2. The van der Waals surface area contributed by atoms with Crippen molar-refractivity contribution in [2.24, 2.45) is 4.99 Å². The first-order valence-corrected chi connectivity index (χ1v) is 8.72. The third-order valence-electron chi connectivity index (χ3n) is 2.53. The second-order valence-electron chi connectivity index (χ2n) is 7.46. The third-order valence-corrected chi connectivity index (χ3v) is 2.53. The van der Waals surface area contributed by atoms with E-state index in [9.17, 15) is 9.59 Å². The van der Waals surface area contributed by atoms with Crippen LogP contribution in [-0.4, -0.2) is 48.8 Å². The molecular weight excluding hydrogens is 390 g/mol. The molecule has 1 atom stereocenters. The van der Waals surface area contributed by atoms with E-state index >= 15 is 0 Å². The second-order valence-corrected chi connectivity index (χ2v) is 7.46. The first-order valence-electron chi connectivity index (χ1n) is 8.72. The van der Waals surface area contributed by atoms with Crippen molar-refractivity contribution in [2.75, 3.05) is 13.2 Å². The molecule has 0 aliphatic rings. The lowest BCUT2D eigenvalue weighted by Gasteiger charge is -2.26. The lowest BCUT2D eigenvalue weighted by molar-refractivity contribution is -0.157. The molecule has 0 fully saturated rings. The van der Waals surface area contributed by atoms with Gasteiger partial charge in [0.15, 0.2) is 0 Å². The van der Waals surface area contributed by atoms with Gasteiger partial charge in [-0.15, -0.1) is 12.4 Å². The highest BCUT2D eigenvalue weighted by molar-refractivity contribution is 5.85. The number of nitrogens with zero attached hydrogens (tertiary/aromatic N) is 3. The van der Waals surface area contributed by atoms with Crippen LogP contribution >= 0.6 is 12.4 Å². The van der Waals surface area contributed by atoms with E-state index in [1.54, 1.807) is 41.5 Å². The van der Waals surface area contributed by atoms with Gasteiger partial charge in [0.1, 0.15) is 23.6 Å². The van der Waals surface area contributed by atoms with E-state index in [0.29, 0.717) is 26.0 Å². The van der Waals surface area contributed by atoms with E-state index in [2.05, 4.69) is 15.8 Å². The van der Waals surface area contributed by atoms with E-state index in [-0.39, 0.29) is 12.4 Å². The fraction of sp³-hybridized carbons (Fsp3) is 0.824. The molecule has 0 aromatic rings. The summed E-state index contributed by atoms with van der Waals surface area (Å²) < 4.78 is 10.6. The summed E-state index contributed by atoms with van der Waals surface area (Å²) in [5.41, 5.74) is 1.29. The molecule has 0 bridgehead atoms. The number of rotatable bonds is 9. The zero-order valence-electron chi connectivity index (χ0n) is 17.8. The summed E-state index contributed by atoms with van der Waals surface area (Å²) in [5.74, 6) is -0.491. The number of alkyl carbamates (subject to hydrolysis) is 1. The van der Waals surface area contributed by atoms with Crippen LogP contribution in [0.3, 0.4) is 0 Å². The topological polar surface area (TPSA) is 146 Å². The SMILES string of the molecule is CCONC=NCCC[C@H](NC(=O)OC(C)(C)C)C(=O)OC(C)(C)C.Cl.N#N. The summed E-state index contributed by atoms with van der Waals surface area (Å²) >= 11 is 0. The number of hydrogen-bond acceptors (Lipinski definition) is 8. The van der Waals surface area contributed by atoms with Crippen LogP contribution < -0.4 is 10.8 Å². The molecule has 0 saturated heterocycles. The fourth-order valence-corrected chi connectivity index (χ4v) is 1.68. The number of halogens is 1. The Bertz CT molecular complexity index is 487. The molecule has 0 spiro atoms. The highest BCUT2D eigenvalue weighted by Crippen LogP contribution is 2.12. The van der Waals surface area contributed by atoms with Gasteiger partial charge in [-0.1, -0.05) is 0 Å². The quantitative estimate of drug-likeness (QED) is 0.144. The van der Waals surface area contributed by atoms with Gasteiger partial charge in [0.2, 0.25) is 0 Å². The van der Waals surface area contributed by atoms with Gasteiger partial charge in [-0.05, 0) is 61.3 Å². The van der Waals surface area contributed by atoms with Crippen molar-refractivity contribution in [2.45, 2.75) is 78.6 Å². The minimum atomic E-state index is -0.788. The van der Waals surface area contributed by atoms with Gasteiger partial charge in [0, 0.05) is 17.3 Å². The van der Waals surface area contributed by atoms with E-state index in [1.165, 1.54) is 6.34 Å². The number of hydroxylamine groups is 1. The summed E-state index contributed by atoms with van der Waals surface area (Å²) in [6.45, 7) is 13.5. The van der Waals surface area contributed by atoms with Crippen LogP contribution in [0.15, 0.2) is 4.99 Å². The fourth-order valence-electron chi connectivity index (χ4n) is 1.68. The van der Waals surface area contributed by atoms with Gasteiger partial charge in [-0.2, -0.15) is 0 Å². The Morgan fingerprint density at radius 3 is 2.07 bits per heavy atom. The van der Waals surface area contributed by atoms with E-state index in [0.717, 1.165) is 0 Å². The number of carbonyl (C=O) groups excluding carboxylic acids is 2. The highest BCUT2D eigenvalue weighted by Gasteiger charge is 2.28.